The summed E-state index contributed by atoms with van der Waals surface area (Å²) in [6.07, 6.45) is 3.15. The van der Waals surface area contributed by atoms with Gasteiger partial charge < -0.3 is 24.8 Å². The standard InChI is InChI=1S/C20H31N3O4.HI/c1-15-7-8-16(18(12-15)27-17-9-11-26-14-17)13-23-20(21-2)22-10-5-4-6-19(24)25-3;/h7-8,12,17H,4-6,9-11,13-14H2,1-3H3,(H2,21,22,23);1H. The minimum absolute atomic E-state index is 0. The zero-order valence-corrected chi connectivity index (χ0v) is 19.3. The normalized spacial score (nSPS) is 16.2. The van der Waals surface area contributed by atoms with Crippen LogP contribution in [0.1, 0.15) is 36.8 Å². The fourth-order valence-electron chi connectivity index (χ4n) is 2.81. The van der Waals surface area contributed by atoms with Gasteiger partial charge in [0.1, 0.15) is 11.9 Å². The summed E-state index contributed by atoms with van der Waals surface area (Å²) in [7, 11) is 3.15. The molecule has 0 aromatic heterocycles. The molecule has 1 saturated heterocycles. The third kappa shape index (κ3) is 8.64. The zero-order chi connectivity index (χ0) is 19.5. The van der Waals surface area contributed by atoms with Crippen LogP contribution in [0, 0.1) is 6.92 Å². The van der Waals surface area contributed by atoms with Crippen molar-refractivity contribution in [2.75, 3.05) is 33.9 Å². The Kier molecular flexibility index (Phi) is 11.9. The lowest BCUT2D eigenvalue weighted by molar-refractivity contribution is -0.140. The summed E-state index contributed by atoms with van der Waals surface area (Å²) in [5.74, 6) is 1.45. The van der Waals surface area contributed by atoms with Crippen molar-refractivity contribution in [1.29, 1.82) is 0 Å². The maximum absolute atomic E-state index is 11.1. The van der Waals surface area contributed by atoms with E-state index in [1.807, 2.05) is 0 Å². The fraction of sp³-hybridized carbons (Fsp3) is 0.600. The number of carbonyl (C=O) groups excluding carboxylic acids is 1. The summed E-state index contributed by atoms with van der Waals surface area (Å²) in [6, 6.07) is 6.23. The highest BCUT2D eigenvalue weighted by atomic mass is 127. The van der Waals surface area contributed by atoms with Gasteiger partial charge in [-0.1, -0.05) is 12.1 Å². The molecule has 0 saturated carbocycles. The van der Waals surface area contributed by atoms with E-state index < -0.39 is 0 Å². The Morgan fingerprint density at radius 1 is 1.32 bits per heavy atom. The largest absolute Gasteiger partial charge is 0.488 e. The highest BCUT2D eigenvalue weighted by Gasteiger charge is 2.18. The van der Waals surface area contributed by atoms with Gasteiger partial charge in [-0.2, -0.15) is 0 Å². The van der Waals surface area contributed by atoms with Crippen molar-refractivity contribution < 1.29 is 19.0 Å². The molecule has 0 radical (unpaired) electrons. The first kappa shape index (κ1) is 24.5. The molecule has 1 unspecified atom stereocenters. The molecule has 1 atom stereocenters. The number of unbranched alkanes of at least 4 members (excludes halogenated alkanes) is 1. The number of guanidine groups is 1. The van der Waals surface area contributed by atoms with E-state index in [0.717, 1.165) is 49.7 Å². The van der Waals surface area contributed by atoms with Crippen LogP contribution < -0.4 is 15.4 Å². The Morgan fingerprint density at radius 2 is 2.14 bits per heavy atom. The van der Waals surface area contributed by atoms with Crippen LogP contribution in [0.4, 0.5) is 0 Å². The second-order valence-corrected chi connectivity index (χ2v) is 6.60. The molecule has 1 fully saturated rings. The molecule has 2 N–H and O–H groups in total. The molecule has 1 heterocycles. The number of aliphatic imine (C=N–C) groups is 1. The topological polar surface area (TPSA) is 81.2 Å². The molecular formula is C20H32IN3O4. The van der Waals surface area contributed by atoms with Crippen LogP contribution in [0.3, 0.4) is 0 Å². The lowest BCUT2D eigenvalue weighted by atomic mass is 10.1. The van der Waals surface area contributed by atoms with Crippen molar-refractivity contribution in [3.63, 3.8) is 0 Å². The third-order valence-corrected chi connectivity index (χ3v) is 4.40. The summed E-state index contributed by atoms with van der Waals surface area (Å²) in [5, 5.41) is 6.58. The lowest BCUT2D eigenvalue weighted by Crippen LogP contribution is -2.37. The molecule has 1 aliphatic heterocycles. The van der Waals surface area contributed by atoms with Gasteiger partial charge in [-0.15, -0.1) is 24.0 Å². The highest BCUT2D eigenvalue weighted by Crippen LogP contribution is 2.23. The van der Waals surface area contributed by atoms with E-state index in [1.165, 1.54) is 12.7 Å². The Morgan fingerprint density at radius 3 is 2.82 bits per heavy atom. The lowest BCUT2D eigenvalue weighted by Gasteiger charge is -2.18. The predicted molar refractivity (Wildman–Crippen MR) is 121 cm³/mol. The van der Waals surface area contributed by atoms with E-state index in [1.54, 1.807) is 7.05 Å². The van der Waals surface area contributed by atoms with E-state index in [2.05, 4.69) is 45.5 Å². The average molecular weight is 505 g/mol. The summed E-state index contributed by atoms with van der Waals surface area (Å²) in [6.45, 7) is 4.83. The van der Waals surface area contributed by atoms with Crippen LogP contribution in [0.15, 0.2) is 23.2 Å². The minimum Gasteiger partial charge on any atom is -0.488 e. The number of esters is 1. The van der Waals surface area contributed by atoms with E-state index in [4.69, 9.17) is 9.47 Å². The molecule has 28 heavy (non-hydrogen) atoms. The number of rotatable bonds is 9. The summed E-state index contributed by atoms with van der Waals surface area (Å²) in [4.78, 5) is 15.4. The van der Waals surface area contributed by atoms with Crippen molar-refractivity contribution in [1.82, 2.24) is 10.6 Å². The average Bonchev–Trinajstić information content (AvgIpc) is 3.18. The summed E-state index contributed by atoms with van der Waals surface area (Å²) in [5.41, 5.74) is 2.25. The van der Waals surface area contributed by atoms with Gasteiger partial charge in [0, 0.05) is 38.5 Å². The van der Waals surface area contributed by atoms with E-state index in [0.29, 0.717) is 19.6 Å². The highest BCUT2D eigenvalue weighted by molar-refractivity contribution is 14.0. The smallest absolute Gasteiger partial charge is 0.305 e. The molecule has 1 aromatic rings. The Labute approximate surface area is 184 Å². The maximum Gasteiger partial charge on any atom is 0.305 e. The second-order valence-electron chi connectivity index (χ2n) is 6.60. The third-order valence-electron chi connectivity index (χ3n) is 4.40. The zero-order valence-electron chi connectivity index (χ0n) is 17.0. The van der Waals surface area contributed by atoms with E-state index in [-0.39, 0.29) is 36.0 Å². The number of benzene rings is 1. The summed E-state index contributed by atoms with van der Waals surface area (Å²) >= 11 is 0. The molecular weight excluding hydrogens is 473 g/mol. The predicted octanol–water partition coefficient (Wildman–Crippen LogP) is 2.79. The summed E-state index contributed by atoms with van der Waals surface area (Å²) < 4.78 is 16.2. The number of methoxy groups -OCH3 is 1. The van der Waals surface area contributed by atoms with Gasteiger partial charge in [-0.3, -0.25) is 9.79 Å². The first-order valence-electron chi connectivity index (χ1n) is 9.47. The Balaban J connectivity index is 0.00000392. The van der Waals surface area contributed by atoms with Gasteiger partial charge in [0.2, 0.25) is 0 Å². The molecule has 158 valence electrons. The van der Waals surface area contributed by atoms with Crippen molar-refractivity contribution in [3.05, 3.63) is 29.3 Å². The number of nitrogens with zero attached hydrogens (tertiary/aromatic N) is 1. The molecule has 0 spiro atoms. The quantitative estimate of drug-likeness (QED) is 0.177. The molecule has 0 amide bonds. The molecule has 2 rings (SSSR count). The fourth-order valence-corrected chi connectivity index (χ4v) is 2.81. The first-order chi connectivity index (χ1) is 13.1. The van der Waals surface area contributed by atoms with Crippen molar-refractivity contribution in [2.45, 2.75) is 45.3 Å². The number of nitrogens with one attached hydrogen (secondary N) is 2. The Bertz CT molecular complexity index is 634. The van der Waals surface area contributed by atoms with Gasteiger partial charge >= 0.3 is 5.97 Å². The van der Waals surface area contributed by atoms with Crippen molar-refractivity contribution >= 4 is 35.9 Å². The van der Waals surface area contributed by atoms with Crippen LogP contribution in [0.5, 0.6) is 5.75 Å². The second kappa shape index (κ2) is 13.6. The van der Waals surface area contributed by atoms with Gasteiger partial charge in [0.15, 0.2) is 5.96 Å². The van der Waals surface area contributed by atoms with Gasteiger partial charge in [0.05, 0.1) is 20.3 Å². The van der Waals surface area contributed by atoms with Crippen molar-refractivity contribution in [2.24, 2.45) is 4.99 Å². The molecule has 7 nitrogen and oxygen atoms in total. The van der Waals surface area contributed by atoms with E-state index >= 15 is 0 Å². The number of carbonyl (C=O) groups is 1. The number of hydrogen-bond donors (Lipinski definition) is 2. The molecule has 1 aliphatic rings. The number of hydrogen-bond acceptors (Lipinski definition) is 5. The van der Waals surface area contributed by atoms with E-state index in [9.17, 15) is 4.79 Å². The monoisotopic (exact) mass is 505 g/mol. The number of halogens is 1. The van der Waals surface area contributed by atoms with Crippen LogP contribution in [0.25, 0.3) is 0 Å². The van der Waals surface area contributed by atoms with Gasteiger partial charge in [-0.25, -0.2) is 0 Å². The van der Waals surface area contributed by atoms with Crippen LogP contribution >= 0.6 is 24.0 Å². The molecule has 8 heteroatoms. The van der Waals surface area contributed by atoms with Crippen molar-refractivity contribution in [3.8, 4) is 5.75 Å². The van der Waals surface area contributed by atoms with Crippen LogP contribution in [0.2, 0.25) is 0 Å². The van der Waals surface area contributed by atoms with Gasteiger partial charge in [-0.05, 0) is 31.4 Å². The van der Waals surface area contributed by atoms with Gasteiger partial charge in [0.25, 0.3) is 0 Å². The molecule has 0 bridgehead atoms. The van der Waals surface area contributed by atoms with Crippen LogP contribution in [-0.2, 0) is 20.8 Å². The molecule has 0 aliphatic carbocycles. The Hall–Kier alpha value is -1.55. The number of ether oxygens (including phenoxy) is 3. The number of aryl methyl sites for hydroxylation is 1. The minimum atomic E-state index is -0.169. The SMILES string of the molecule is CN=C(NCCCCC(=O)OC)NCc1ccc(C)cc1OC1CCOC1.I. The first-order valence-corrected chi connectivity index (χ1v) is 9.47. The molecule has 1 aromatic carbocycles. The van der Waals surface area contributed by atoms with Crippen LogP contribution in [-0.4, -0.2) is 51.9 Å². The maximum atomic E-state index is 11.1.